The molecule has 0 bridgehead atoms. The molecule has 1 fully saturated rings. The second kappa shape index (κ2) is 11.0. The van der Waals surface area contributed by atoms with Crippen molar-refractivity contribution < 1.29 is 32.5 Å². The van der Waals surface area contributed by atoms with Crippen LogP contribution in [0.4, 0.5) is 0 Å². The van der Waals surface area contributed by atoms with Crippen molar-refractivity contribution in [3.63, 3.8) is 0 Å². The van der Waals surface area contributed by atoms with Crippen molar-refractivity contribution >= 4 is 0 Å². The Kier molecular flexibility index (Phi) is 10.7. The van der Waals surface area contributed by atoms with E-state index in [9.17, 15) is 0 Å². The molecule has 1 saturated carbocycles. The van der Waals surface area contributed by atoms with E-state index in [0.717, 1.165) is 11.3 Å². The standard InChI is InChI=1S/C11H9N.C10H15.ClH.Ir/c1-2-6-10(7-3-1)11-8-4-5-9-12-11;1-6-7(2)9(4)10(5)8(6)3;;/h1-9H;1-5H3;1H;/p-1. The minimum Gasteiger partial charge on any atom is -1.00 e. The smallest absolute Gasteiger partial charge is 0.0701 e. The van der Waals surface area contributed by atoms with E-state index >= 15 is 0 Å². The molecule has 0 atom stereocenters. The fourth-order valence-electron chi connectivity index (χ4n) is 2.55. The van der Waals surface area contributed by atoms with E-state index in [1.165, 1.54) is 29.6 Å². The molecule has 6 radical (unpaired) electrons. The number of rotatable bonds is 1. The summed E-state index contributed by atoms with van der Waals surface area (Å²) in [6, 6.07) is 16.1. The third-order valence-corrected chi connectivity index (χ3v) is 4.55. The Bertz CT molecular complexity index is 478. The van der Waals surface area contributed by atoms with Gasteiger partial charge in [-0.2, -0.15) is 0 Å². The molecule has 1 nitrogen and oxygen atoms in total. The van der Waals surface area contributed by atoms with Gasteiger partial charge in [0.25, 0.3) is 0 Å². The van der Waals surface area contributed by atoms with Gasteiger partial charge in [0, 0.05) is 31.9 Å². The van der Waals surface area contributed by atoms with Gasteiger partial charge >= 0.3 is 0 Å². The first-order valence-electron chi connectivity index (χ1n) is 7.68. The first kappa shape index (κ1) is 23.3. The predicted molar refractivity (Wildman–Crippen MR) is 94.3 cm³/mol. The van der Waals surface area contributed by atoms with E-state index in [1.807, 2.05) is 42.6 Å². The van der Waals surface area contributed by atoms with E-state index in [4.69, 9.17) is 0 Å². The number of hydrogen-bond acceptors (Lipinski definition) is 1. The van der Waals surface area contributed by atoms with Crippen LogP contribution in [-0.4, -0.2) is 4.98 Å². The Morgan fingerprint density at radius 1 is 0.583 bits per heavy atom. The Morgan fingerprint density at radius 2 is 1.00 bits per heavy atom. The van der Waals surface area contributed by atoms with Gasteiger partial charge in [0.15, 0.2) is 0 Å². The molecule has 0 amide bonds. The molecule has 0 aliphatic heterocycles. The number of hydrogen-bond donors (Lipinski definition) is 0. The molecule has 1 aromatic carbocycles. The second-order valence-corrected chi connectivity index (χ2v) is 5.71. The third kappa shape index (κ3) is 5.69. The maximum absolute atomic E-state index is 4.25. The SMILES string of the molecule is C[C]1[C](C)[C](C)[C](C)[C]1C.[Cl-].[Ir].c1ccc(-c2ccccn2)cc1. The van der Waals surface area contributed by atoms with Crippen molar-refractivity contribution in [2.45, 2.75) is 34.6 Å². The van der Waals surface area contributed by atoms with Crippen LogP contribution >= 0.6 is 0 Å². The van der Waals surface area contributed by atoms with Crippen molar-refractivity contribution in [2.75, 3.05) is 0 Å². The zero-order chi connectivity index (χ0) is 16.1. The number of nitrogens with zero attached hydrogens (tertiary/aromatic N) is 1. The van der Waals surface area contributed by atoms with Gasteiger partial charge in [-0.3, -0.25) is 4.98 Å². The maximum Gasteiger partial charge on any atom is 0.0701 e. The summed E-state index contributed by atoms with van der Waals surface area (Å²) in [5.41, 5.74) is 2.19. The summed E-state index contributed by atoms with van der Waals surface area (Å²) in [6.07, 6.45) is 1.81. The van der Waals surface area contributed by atoms with E-state index in [1.54, 1.807) is 0 Å². The molecule has 1 aliphatic rings. The Balaban J connectivity index is 0.000000413. The van der Waals surface area contributed by atoms with E-state index in [-0.39, 0.29) is 32.5 Å². The zero-order valence-electron chi connectivity index (χ0n) is 14.9. The van der Waals surface area contributed by atoms with Crippen LogP contribution in [0, 0.1) is 29.6 Å². The number of aromatic nitrogens is 1. The van der Waals surface area contributed by atoms with Crippen LogP contribution < -0.4 is 12.4 Å². The quantitative estimate of drug-likeness (QED) is 0.567. The van der Waals surface area contributed by atoms with Crippen molar-refractivity contribution in [1.29, 1.82) is 0 Å². The Hall–Kier alpha value is -0.691. The van der Waals surface area contributed by atoms with Crippen molar-refractivity contribution in [1.82, 2.24) is 4.98 Å². The summed E-state index contributed by atoms with van der Waals surface area (Å²) in [5, 5.41) is 0. The van der Waals surface area contributed by atoms with Crippen molar-refractivity contribution in [3.05, 3.63) is 84.3 Å². The molecular weight excluding hydrogens is 494 g/mol. The van der Waals surface area contributed by atoms with Crippen LogP contribution in [0.2, 0.25) is 0 Å². The molecule has 3 rings (SSSR count). The van der Waals surface area contributed by atoms with Crippen LogP contribution in [0.5, 0.6) is 0 Å². The predicted octanol–water partition coefficient (Wildman–Crippen LogP) is 2.72. The third-order valence-electron chi connectivity index (χ3n) is 4.55. The zero-order valence-corrected chi connectivity index (χ0v) is 18.0. The average Bonchev–Trinajstić information content (AvgIpc) is 2.75. The molecule has 130 valence electrons. The van der Waals surface area contributed by atoms with Gasteiger partial charge in [-0.05, 0) is 41.7 Å². The molecule has 0 spiro atoms. The molecule has 0 unspecified atom stereocenters. The molecule has 1 aromatic heterocycles. The van der Waals surface area contributed by atoms with Gasteiger partial charge in [-0.25, -0.2) is 0 Å². The monoisotopic (exact) mass is 518 g/mol. The minimum absolute atomic E-state index is 0. The van der Waals surface area contributed by atoms with Crippen LogP contribution in [0.25, 0.3) is 11.3 Å². The van der Waals surface area contributed by atoms with Crippen LogP contribution in [0.1, 0.15) is 34.6 Å². The molecule has 24 heavy (non-hydrogen) atoms. The second-order valence-electron chi connectivity index (χ2n) is 5.71. The van der Waals surface area contributed by atoms with Gasteiger partial charge in [0.1, 0.15) is 0 Å². The Morgan fingerprint density at radius 3 is 1.38 bits per heavy atom. The summed E-state index contributed by atoms with van der Waals surface area (Å²) in [5.74, 6) is 7.34. The molecule has 2 aromatic rings. The summed E-state index contributed by atoms with van der Waals surface area (Å²) >= 11 is 0. The average molecular weight is 518 g/mol. The summed E-state index contributed by atoms with van der Waals surface area (Å²) < 4.78 is 0. The molecule has 1 heterocycles. The van der Waals surface area contributed by atoms with E-state index in [0.29, 0.717) is 0 Å². The van der Waals surface area contributed by atoms with E-state index < -0.39 is 0 Å². The van der Waals surface area contributed by atoms with Gasteiger partial charge in [0.05, 0.1) is 5.69 Å². The minimum atomic E-state index is 0. The number of benzene rings is 1. The van der Waals surface area contributed by atoms with Gasteiger partial charge < -0.3 is 12.4 Å². The number of halogens is 1. The molecule has 0 saturated heterocycles. The normalized spacial score (nSPS) is 16.7. The fourth-order valence-corrected chi connectivity index (χ4v) is 2.55. The van der Waals surface area contributed by atoms with Crippen LogP contribution in [-0.2, 0) is 20.1 Å². The van der Waals surface area contributed by atoms with Gasteiger partial charge in [-0.1, -0.05) is 71.0 Å². The van der Waals surface area contributed by atoms with Crippen LogP contribution in [0.3, 0.4) is 0 Å². The fraction of sp³-hybridized carbons (Fsp3) is 0.238. The largest absolute Gasteiger partial charge is 1.00 e. The molecule has 0 N–H and O–H groups in total. The summed E-state index contributed by atoms with van der Waals surface area (Å²) in [6.45, 7) is 11.0. The summed E-state index contributed by atoms with van der Waals surface area (Å²) in [7, 11) is 0. The molecule has 3 heteroatoms. The number of pyridine rings is 1. The van der Waals surface area contributed by atoms with E-state index in [2.05, 4.69) is 51.7 Å². The Labute approximate surface area is 167 Å². The van der Waals surface area contributed by atoms with Gasteiger partial charge in [-0.15, -0.1) is 0 Å². The van der Waals surface area contributed by atoms with Crippen LogP contribution in [0.15, 0.2) is 54.7 Å². The topological polar surface area (TPSA) is 12.9 Å². The maximum atomic E-state index is 4.25. The summed E-state index contributed by atoms with van der Waals surface area (Å²) in [4.78, 5) is 4.25. The first-order chi connectivity index (χ1) is 10.5. The van der Waals surface area contributed by atoms with Crippen molar-refractivity contribution in [2.24, 2.45) is 0 Å². The first-order valence-corrected chi connectivity index (χ1v) is 7.68. The van der Waals surface area contributed by atoms with Crippen molar-refractivity contribution in [3.8, 4) is 11.3 Å². The molecular formula is C21H24ClIrN-. The molecule has 1 aliphatic carbocycles. The van der Waals surface area contributed by atoms with Gasteiger partial charge in [0.2, 0.25) is 0 Å².